The summed E-state index contributed by atoms with van der Waals surface area (Å²) in [5.74, 6) is 0.856. The van der Waals surface area contributed by atoms with Crippen molar-refractivity contribution in [2.45, 2.75) is 4.90 Å². The van der Waals surface area contributed by atoms with E-state index in [1.165, 1.54) is 12.1 Å². The van der Waals surface area contributed by atoms with Gasteiger partial charge in [-0.1, -0.05) is 12.0 Å². The van der Waals surface area contributed by atoms with E-state index >= 15 is 0 Å². The standard InChI is InChI=1S/C11H9N3O4S2/c1-2-6-14(7-10(15)16)20(17,18)9-5-3-4-8-11(9)13-19-12-8/h1,3-5H,6-7H2,(H,15,16). The molecule has 1 aliphatic heterocycles. The first-order valence-electron chi connectivity index (χ1n) is 5.33. The molecule has 7 nitrogen and oxygen atoms in total. The molecule has 2 rings (SSSR count). The lowest BCUT2D eigenvalue weighted by molar-refractivity contribution is -0.137. The topological polar surface area (TPSA) is 99.4 Å². The van der Waals surface area contributed by atoms with E-state index in [9.17, 15) is 13.2 Å². The van der Waals surface area contributed by atoms with Crippen molar-refractivity contribution in [3.05, 3.63) is 18.2 Å². The molecule has 0 saturated heterocycles. The summed E-state index contributed by atoms with van der Waals surface area (Å²) in [6, 6.07) is 4.50. The zero-order chi connectivity index (χ0) is 14.8. The molecule has 20 heavy (non-hydrogen) atoms. The summed E-state index contributed by atoms with van der Waals surface area (Å²) in [4.78, 5) is 10.7. The van der Waals surface area contributed by atoms with Crippen molar-refractivity contribution in [3.8, 4) is 12.3 Å². The third kappa shape index (κ3) is 2.62. The van der Waals surface area contributed by atoms with Gasteiger partial charge in [-0.2, -0.15) is 13.0 Å². The number of fused-ring (bicyclic) bond motifs is 1. The summed E-state index contributed by atoms with van der Waals surface area (Å²) in [5, 5.41) is 8.79. The number of hydrogen-bond acceptors (Lipinski definition) is 5. The van der Waals surface area contributed by atoms with Crippen LogP contribution in [0.2, 0.25) is 0 Å². The van der Waals surface area contributed by atoms with Crippen LogP contribution in [0.5, 0.6) is 0 Å². The van der Waals surface area contributed by atoms with Crippen LogP contribution < -0.4 is 0 Å². The molecule has 1 N–H and O–H groups in total. The Balaban J connectivity index is 2.50. The summed E-state index contributed by atoms with van der Waals surface area (Å²) < 4.78 is 33.5. The summed E-state index contributed by atoms with van der Waals surface area (Å²) in [5.41, 5.74) is 0.650. The van der Waals surface area contributed by atoms with Crippen molar-refractivity contribution in [2.75, 3.05) is 13.1 Å². The van der Waals surface area contributed by atoms with Crippen LogP contribution in [0.1, 0.15) is 0 Å². The molecule has 0 fully saturated rings. The normalized spacial score (nSPS) is 12.8. The van der Waals surface area contributed by atoms with Crippen LogP contribution in [0, 0.1) is 12.3 Å². The Kier molecular flexibility index (Phi) is 3.99. The van der Waals surface area contributed by atoms with Gasteiger partial charge in [-0.25, -0.2) is 8.42 Å². The largest absolute Gasteiger partial charge is 0.480 e. The van der Waals surface area contributed by atoms with Crippen LogP contribution in [-0.2, 0) is 26.2 Å². The van der Waals surface area contributed by atoms with Crippen LogP contribution in [0.25, 0.3) is 0 Å². The Hall–Kier alpha value is -2.02. The lowest BCUT2D eigenvalue weighted by Gasteiger charge is -2.18. The van der Waals surface area contributed by atoms with Gasteiger partial charge in [-0.05, 0) is 12.1 Å². The molecule has 0 aliphatic carbocycles. The highest BCUT2D eigenvalue weighted by atomic mass is 32.2. The smallest absolute Gasteiger partial charge is 0.318 e. The Bertz CT molecular complexity index is 773. The maximum absolute atomic E-state index is 12.5. The van der Waals surface area contributed by atoms with Crippen molar-refractivity contribution >= 4 is 38.7 Å². The number of carbonyl (C=O) groups is 1. The fraction of sp³-hybridized carbons (Fsp3) is 0.182. The van der Waals surface area contributed by atoms with Crippen molar-refractivity contribution in [2.24, 2.45) is 8.73 Å². The zero-order valence-corrected chi connectivity index (χ0v) is 11.7. The molecule has 1 aromatic rings. The summed E-state index contributed by atoms with van der Waals surface area (Å²) in [7, 11) is -4.04. The molecule has 1 aromatic carbocycles. The number of benzene rings is 1. The van der Waals surface area contributed by atoms with Crippen molar-refractivity contribution in [3.63, 3.8) is 0 Å². The molecule has 0 bridgehead atoms. The van der Waals surface area contributed by atoms with E-state index in [1.807, 2.05) is 0 Å². The highest BCUT2D eigenvalue weighted by Gasteiger charge is 2.30. The van der Waals surface area contributed by atoms with Gasteiger partial charge in [0.15, 0.2) is 0 Å². The Morgan fingerprint density at radius 1 is 1.45 bits per heavy atom. The number of rotatable bonds is 5. The predicted octanol–water partition coefficient (Wildman–Crippen LogP) is 1.12. The Morgan fingerprint density at radius 2 is 2.20 bits per heavy atom. The van der Waals surface area contributed by atoms with E-state index < -0.39 is 22.5 Å². The monoisotopic (exact) mass is 311 g/mol. The van der Waals surface area contributed by atoms with Crippen LogP contribution in [0.15, 0.2) is 31.8 Å². The average molecular weight is 311 g/mol. The summed E-state index contributed by atoms with van der Waals surface area (Å²) in [6.45, 7) is -1.04. The molecule has 0 amide bonds. The second-order valence-electron chi connectivity index (χ2n) is 3.76. The van der Waals surface area contributed by atoms with Gasteiger partial charge in [0.1, 0.15) is 22.8 Å². The average Bonchev–Trinajstić information content (AvgIpc) is 2.85. The molecule has 0 atom stereocenters. The summed E-state index contributed by atoms with van der Waals surface area (Å²) in [6.07, 6.45) is 5.10. The van der Waals surface area contributed by atoms with Crippen molar-refractivity contribution < 1.29 is 18.3 Å². The number of carboxylic acid groups (broad SMARTS) is 1. The zero-order valence-electron chi connectivity index (χ0n) is 10.1. The van der Waals surface area contributed by atoms with Gasteiger partial charge >= 0.3 is 5.97 Å². The van der Waals surface area contributed by atoms with Crippen molar-refractivity contribution in [1.82, 2.24) is 4.31 Å². The van der Waals surface area contributed by atoms with Crippen LogP contribution >= 0.6 is 0 Å². The third-order valence-electron chi connectivity index (χ3n) is 2.45. The van der Waals surface area contributed by atoms with Gasteiger partial charge in [0.05, 0.1) is 17.9 Å². The molecule has 1 heterocycles. The molecule has 0 saturated carbocycles. The minimum atomic E-state index is -4.04. The minimum Gasteiger partial charge on any atom is -0.480 e. The second-order valence-corrected chi connectivity index (χ2v) is 6.19. The number of nitrogens with zero attached hydrogens (tertiary/aromatic N) is 3. The number of aliphatic carboxylic acids is 1. The number of carboxylic acids is 1. The SMILES string of the molecule is C#CCN(CC(=O)O)S(=O)(=O)c1cccc2c1N=S=N2. The van der Waals surface area contributed by atoms with Crippen LogP contribution in [0.4, 0.5) is 11.4 Å². The van der Waals surface area contributed by atoms with Gasteiger partial charge < -0.3 is 5.11 Å². The second kappa shape index (κ2) is 5.54. The molecule has 1 aliphatic rings. The van der Waals surface area contributed by atoms with Crippen LogP contribution in [-0.4, -0.2) is 36.9 Å². The predicted molar refractivity (Wildman–Crippen MR) is 73.2 cm³/mol. The van der Waals surface area contributed by atoms with Gasteiger partial charge in [0.2, 0.25) is 10.0 Å². The fourth-order valence-corrected chi connectivity index (χ4v) is 3.66. The maximum Gasteiger partial charge on any atom is 0.318 e. The Labute approximate surface area is 119 Å². The van der Waals surface area contributed by atoms with Gasteiger partial charge in [-0.15, -0.1) is 6.42 Å². The van der Waals surface area contributed by atoms with Crippen molar-refractivity contribution in [1.29, 1.82) is 0 Å². The quantitative estimate of drug-likeness (QED) is 0.836. The first-order valence-corrected chi connectivity index (χ1v) is 7.50. The third-order valence-corrected chi connectivity index (χ3v) is 4.81. The maximum atomic E-state index is 12.5. The Morgan fingerprint density at radius 3 is 2.85 bits per heavy atom. The molecular weight excluding hydrogens is 302 g/mol. The lowest BCUT2D eigenvalue weighted by atomic mass is 10.3. The van der Waals surface area contributed by atoms with Gasteiger partial charge in [0, 0.05) is 0 Å². The fourth-order valence-electron chi connectivity index (χ4n) is 1.61. The highest BCUT2D eigenvalue weighted by Crippen LogP contribution is 2.38. The molecular formula is C11H9N3O4S2. The number of sulfonamides is 1. The molecule has 0 unspecified atom stereocenters. The highest BCUT2D eigenvalue weighted by molar-refractivity contribution is 7.89. The van der Waals surface area contributed by atoms with E-state index in [0.717, 1.165) is 11.4 Å². The number of terminal acetylenes is 1. The summed E-state index contributed by atoms with van der Waals surface area (Å²) >= 11 is 0.883. The van der Waals surface area contributed by atoms with Gasteiger partial charge in [-0.3, -0.25) is 4.79 Å². The van der Waals surface area contributed by atoms with E-state index in [1.54, 1.807) is 6.07 Å². The molecule has 0 spiro atoms. The number of hydrogen-bond donors (Lipinski definition) is 1. The van der Waals surface area contributed by atoms with Gasteiger partial charge in [0.25, 0.3) is 0 Å². The molecule has 9 heteroatoms. The van der Waals surface area contributed by atoms with Crippen LogP contribution in [0.3, 0.4) is 0 Å². The first-order chi connectivity index (χ1) is 9.46. The molecule has 104 valence electrons. The van der Waals surface area contributed by atoms with E-state index in [2.05, 4.69) is 14.6 Å². The first kappa shape index (κ1) is 14.4. The molecule has 0 radical (unpaired) electrons. The molecule has 0 aromatic heterocycles. The lowest BCUT2D eigenvalue weighted by Crippen LogP contribution is -2.36. The van der Waals surface area contributed by atoms with E-state index in [4.69, 9.17) is 11.5 Å². The minimum absolute atomic E-state index is 0.0970. The van der Waals surface area contributed by atoms with E-state index in [0.29, 0.717) is 9.99 Å². The van der Waals surface area contributed by atoms with E-state index in [-0.39, 0.29) is 17.1 Å².